The maximum Gasteiger partial charge on any atom is 0.252 e. The van der Waals surface area contributed by atoms with Crippen LogP contribution in [0.5, 0.6) is 0 Å². The van der Waals surface area contributed by atoms with Crippen molar-refractivity contribution < 1.29 is 9.21 Å². The van der Waals surface area contributed by atoms with Crippen LogP contribution in [0.2, 0.25) is 0 Å². The van der Waals surface area contributed by atoms with Crippen molar-refractivity contribution in [2.24, 2.45) is 0 Å². The molecule has 3 rings (SSSR count). The van der Waals surface area contributed by atoms with Crippen molar-refractivity contribution in [3.8, 4) is 0 Å². The monoisotopic (exact) mass is 278 g/mol. The van der Waals surface area contributed by atoms with Gasteiger partial charge in [-0.2, -0.15) is 0 Å². The standard InChI is InChI=1S/C18H16NO2/c1-13-5-2-3-6-14(13)9-11-19-18(20)16-7-4-8-17-15(16)10-12-21-17/h2-8,10,12H,1,9,11H2,(H,19,20). The number of carbonyl (C=O) groups is 1. The van der Waals surface area contributed by atoms with Gasteiger partial charge in [0.25, 0.3) is 5.91 Å². The average Bonchev–Trinajstić information content (AvgIpc) is 2.97. The van der Waals surface area contributed by atoms with E-state index in [0.29, 0.717) is 12.1 Å². The van der Waals surface area contributed by atoms with Crippen LogP contribution in [0.25, 0.3) is 11.0 Å². The summed E-state index contributed by atoms with van der Waals surface area (Å²) in [6, 6.07) is 15.3. The van der Waals surface area contributed by atoms with Gasteiger partial charge in [0, 0.05) is 11.9 Å². The van der Waals surface area contributed by atoms with E-state index in [2.05, 4.69) is 12.2 Å². The van der Waals surface area contributed by atoms with Crippen molar-refractivity contribution in [2.45, 2.75) is 6.42 Å². The minimum absolute atomic E-state index is 0.0801. The first-order valence-electron chi connectivity index (χ1n) is 6.90. The predicted molar refractivity (Wildman–Crippen MR) is 83.2 cm³/mol. The molecule has 3 nitrogen and oxygen atoms in total. The quantitative estimate of drug-likeness (QED) is 0.792. The summed E-state index contributed by atoms with van der Waals surface area (Å²) < 4.78 is 5.31. The molecule has 0 unspecified atom stereocenters. The summed E-state index contributed by atoms with van der Waals surface area (Å²) in [6.07, 6.45) is 2.37. The van der Waals surface area contributed by atoms with Crippen molar-refractivity contribution in [1.29, 1.82) is 0 Å². The van der Waals surface area contributed by atoms with Crippen LogP contribution in [0.15, 0.2) is 59.2 Å². The second-order valence-electron chi connectivity index (χ2n) is 4.91. The van der Waals surface area contributed by atoms with Gasteiger partial charge in [0.1, 0.15) is 5.58 Å². The van der Waals surface area contributed by atoms with Gasteiger partial charge in [0.2, 0.25) is 0 Å². The molecule has 1 aromatic heterocycles. The third kappa shape index (κ3) is 2.82. The number of hydrogen-bond acceptors (Lipinski definition) is 2. The first kappa shape index (κ1) is 13.4. The van der Waals surface area contributed by atoms with Crippen molar-refractivity contribution >= 4 is 16.9 Å². The molecule has 3 aromatic rings. The summed E-state index contributed by atoms with van der Waals surface area (Å²) in [5, 5.41) is 3.79. The van der Waals surface area contributed by atoms with Crippen LogP contribution >= 0.6 is 0 Å². The molecule has 2 aromatic carbocycles. The fourth-order valence-electron chi connectivity index (χ4n) is 2.40. The third-order valence-electron chi connectivity index (χ3n) is 3.54. The summed E-state index contributed by atoms with van der Waals surface area (Å²) >= 11 is 0. The lowest BCUT2D eigenvalue weighted by atomic mass is 10.1. The van der Waals surface area contributed by atoms with Gasteiger partial charge in [-0.3, -0.25) is 4.79 Å². The van der Waals surface area contributed by atoms with E-state index in [1.54, 1.807) is 6.26 Å². The van der Waals surface area contributed by atoms with Gasteiger partial charge in [-0.25, -0.2) is 0 Å². The summed E-state index contributed by atoms with van der Waals surface area (Å²) in [6.45, 7) is 4.57. The lowest BCUT2D eigenvalue weighted by Crippen LogP contribution is -2.25. The van der Waals surface area contributed by atoms with Crippen molar-refractivity contribution in [2.75, 3.05) is 6.54 Å². The fourth-order valence-corrected chi connectivity index (χ4v) is 2.40. The molecule has 0 saturated carbocycles. The van der Waals surface area contributed by atoms with Crippen molar-refractivity contribution in [3.63, 3.8) is 0 Å². The lowest BCUT2D eigenvalue weighted by Gasteiger charge is -2.08. The Hall–Kier alpha value is -2.55. The van der Waals surface area contributed by atoms with Crippen LogP contribution in [0, 0.1) is 6.92 Å². The third-order valence-corrected chi connectivity index (χ3v) is 3.54. The number of hydrogen-bond donors (Lipinski definition) is 1. The molecule has 1 radical (unpaired) electrons. The van der Waals surface area contributed by atoms with Gasteiger partial charge in [0.05, 0.1) is 11.8 Å². The number of amides is 1. The zero-order chi connectivity index (χ0) is 14.7. The van der Waals surface area contributed by atoms with E-state index in [0.717, 1.165) is 28.5 Å². The van der Waals surface area contributed by atoms with E-state index in [9.17, 15) is 4.79 Å². The first-order valence-corrected chi connectivity index (χ1v) is 6.90. The van der Waals surface area contributed by atoms with Crippen LogP contribution in [0.4, 0.5) is 0 Å². The molecule has 0 aliphatic heterocycles. The molecule has 1 amide bonds. The second kappa shape index (κ2) is 5.83. The predicted octanol–water partition coefficient (Wildman–Crippen LogP) is 3.59. The molecule has 3 heteroatoms. The minimum atomic E-state index is -0.0801. The number of fused-ring (bicyclic) bond motifs is 1. The molecular weight excluding hydrogens is 262 g/mol. The van der Waals surface area contributed by atoms with Crippen molar-refractivity contribution in [1.82, 2.24) is 5.32 Å². The van der Waals surface area contributed by atoms with E-state index in [1.165, 1.54) is 0 Å². The van der Waals surface area contributed by atoms with E-state index in [4.69, 9.17) is 4.42 Å². The molecular formula is C18H16NO2. The van der Waals surface area contributed by atoms with E-state index < -0.39 is 0 Å². The maximum atomic E-state index is 12.3. The molecule has 0 saturated heterocycles. The summed E-state index contributed by atoms with van der Waals surface area (Å²) in [4.78, 5) is 12.3. The smallest absolute Gasteiger partial charge is 0.252 e. The van der Waals surface area contributed by atoms with Crippen LogP contribution in [0.3, 0.4) is 0 Å². The Morgan fingerprint density at radius 2 is 1.95 bits per heavy atom. The minimum Gasteiger partial charge on any atom is -0.464 e. The van der Waals surface area contributed by atoms with Gasteiger partial charge in [-0.05, 0) is 42.7 Å². The molecule has 0 bridgehead atoms. The first-order chi connectivity index (χ1) is 10.3. The molecule has 0 aliphatic rings. The SMILES string of the molecule is [CH2]c1ccccc1CCNC(=O)c1cccc2occc12. The molecule has 0 fully saturated rings. The van der Waals surface area contributed by atoms with E-state index in [-0.39, 0.29) is 5.91 Å². The molecule has 1 heterocycles. The Kier molecular flexibility index (Phi) is 3.73. The lowest BCUT2D eigenvalue weighted by molar-refractivity contribution is 0.0955. The van der Waals surface area contributed by atoms with Gasteiger partial charge in [0.15, 0.2) is 0 Å². The fraction of sp³-hybridized carbons (Fsp3) is 0.111. The highest BCUT2D eigenvalue weighted by Crippen LogP contribution is 2.19. The van der Waals surface area contributed by atoms with Crippen LogP contribution < -0.4 is 5.32 Å². The summed E-state index contributed by atoms with van der Waals surface area (Å²) in [7, 11) is 0. The zero-order valence-electron chi connectivity index (χ0n) is 11.6. The van der Waals surface area contributed by atoms with Gasteiger partial charge < -0.3 is 9.73 Å². The zero-order valence-corrected chi connectivity index (χ0v) is 11.6. The Balaban J connectivity index is 1.67. The highest BCUT2D eigenvalue weighted by molar-refractivity contribution is 6.05. The van der Waals surface area contributed by atoms with Crippen LogP contribution in [-0.4, -0.2) is 12.5 Å². The Morgan fingerprint density at radius 1 is 1.10 bits per heavy atom. The number of benzene rings is 2. The highest BCUT2D eigenvalue weighted by atomic mass is 16.3. The second-order valence-corrected chi connectivity index (χ2v) is 4.91. The van der Waals surface area contributed by atoms with Gasteiger partial charge in [-0.15, -0.1) is 0 Å². The topological polar surface area (TPSA) is 42.2 Å². The molecule has 105 valence electrons. The number of rotatable bonds is 4. The van der Waals surface area contributed by atoms with E-state index >= 15 is 0 Å². The maximum absolute atomic E-state index is 12.3. The van der Waals surface area contributed by atoms with Crippen molar-refractivity contribution in [3.05, 3.63) is 78.4 Å². The number of carbonyl (C=O) groups excluding carboxylic acids is 1. The Bertz CT molecular complexity index is 773. The Morgan fingerprint density at radius 3 is 2.81 bits per heavy atom. The van der Waals surface area contributed by atoms with Gasteiger partial charge in [-0.1, -0.05) is 30.3 Å². The largest absolute Gasteiger partial charge is 0.464 e. The molecule has 0 aliphatic carbocycles. The number of furan rings is 1. The average molecular weight is 278 g/mol. The molecule has 21 heavy (non-hydrogen) atoms. The summed E-state index contributed by atoms with van der Waals surface area (Å²) in [5.74, 6) is -0.0801. The Labute approximate surface area is 123 Å². The normalized spacial score (nSPS) is 10.7. The number of nitrogens with one attached hydrogen (secondary N) is 1. The summed E-state index contributed by atoms with van der Waals surface area (Å²) in [5.41, 5.74) is 3.53. The van der Waals surface area contributed by atoms with E-state index in [1.807, 2.05) is 48.5 Å². The van der Waals surface area contributed by atoms with Crippen LogP contribution in [0.1, 0.15) is 21.5 Å². The molecule has 0 spiro atoms. The molecule has 1 N–H and O–H groups in total. The van der Waals surface area contributed by atoms with Crippen LogP contribution in [-0.2, 0) is 6.42 Å². The van der Waals surface area contributed by atoms with Gasteiger partial charge >= 0.3 is 0 Å². The molecule has 0 atom stereocenters. The highest BCUT2D eigenvalue weighted by Gasteiger charge is 2.10.